The Labute approximate surface area is 162 Å². The van der Waals surface area contributed by atoms with Crippen molar-refractivity contribution in [1.82, 2.24) is 5.32 Å². The van der Waals surface area contributed by atoms with E-state index in [1.54, 1.807) is 6.07 Å². The maximum absolute atomic E-state index is 12.6. The number of carbonyl (C=O) groups is 2. The van der Waals surface area contributed by atoms with Gasteiger partial charge in [0.05, 0.1) is 6.42 Å². The first-order chi connectivity index (χ1) is 13.3. The standard InChI is InChI=1S/C22H22N2O4/c1-22(2)11-14-7-5-6-13(19(14)28-22)10-18(25)24-12-16-15-8-3-4-9-17(15)27-20(16)21(23)26/h3-9H,10-12H2,1-2H3,(H2,23,26)(H,24,25). The third-order valence-corrected chi connectivity index (χ3v) is 4.91. The Bertz CT molecular complexity index is 1080. The SMILES string of the molecule is CC1(C)Cc2cccc(CC(=O)NCc3c(C(N)=O)oc4ccccc34)c2O1. The molecular weight excluding hydrogens is 356 g/mol. The Morgan fingerprint density at radius 2 is 1.93 bits per heavy atom. The van der Waals surface area contributed by atoms with Crippen LogP contribution in [0.1, 0.15) is 41.1 Å². The zero-order valence-electron chi connectivity index (χ0n) is 15.9. The van der Waals surface area contributed by atoms with Gasteiger partial charge in [0.2, 0.25) is 5.91 Å². The lowest BCUT2D eigenvalue weighted by molar-refractivity contribution is -0.120. The third kappa shape index (κ3) is 3.33. The van der Waals surface area contributed by atoms with Crippen molar-refractivity contribution in [3.05, 3.63) is 64.9 Å². The van der Waals surface area contributed by atoms with E-state index in [-0.39, 0.29) is 30.2 Å². The molecule has 0 fully saturated rings. The maximum Gasteiger partial charge on any atom is 0.284 e. The monoisotopic (exact) mass is 378 g/mol. The summed E-state index contributed by atoms with van der Waals surface area (Å²) in [5, 5.41) is 3.64. The van der Waals surface area contributed by atoms with Gasteiger partial charge in [-0.1, -0.05) is 36.4 Å². The molecule has 2 heterocycles. The van der Waals surface area contributed by atoms with Crippen molar-refractivity contribution in [3.63, 3.8) is 0 Å². The van der Waals surface area contributed by atoms with E-state index in [0.29, 0.717) is 11.1 Å². The van der Waals surface area contributed by atoms with Crippen LogP contribution in [0.15, 0.2) is 46.9 Å². The summed E-state index contributed by atoms with van der Waals surface area (Å²) in [6, 6.07) is 13.1. The molecule has 4 rings (SSSR count). The van der Waals surface area contributed by atoms with Crippen molar-refractivity contribution in [2.24, 2.45) is 5.73 Å². The smallest absolute Gasteiger partial charge is 0.284 e. The van der Waals surface area contributed by atoms with Gasteiger partial charge < -0.3 is 20.2 Å². The molecule has 0 bridgehead atoms. The van der Waals surface area contributed by atoms with E-state index >= 15 is 0 Å². The number of ether oxygens (including phenoxy) is 1. The van der Waals surface area contributed by atoms with Crippen molar-refractivity contribution in [2.75, 3.05) is 0 Å². The van der Waals surface area contributed by atoms with E-state index in [1.165, 1.54) is 0 Å². The summed E-state index contributed by atoms with van der Waals surface area (Å²) in [5.41, 5.74) is 8.30. The molecule has 28 heavy (non-hydrogen) atoms. The minimum Gasteiger partial charge on any atom is -0.487 e. The zero-order valence-corrected chi connectivity index (χ0v) is 15.9. The number of nitrogens with two attached hydrogens (primary N) is 1. The molecule has 0 spiro atoms. The Hall–Kier alpha value is -3.28. The van der Waals surface area contributed by atoms with Crippen LogP contribution in [0, 0.1) is 0 Å². The first kappa shape index (κ1) is 18.1. The summed E-state index contributed by atoms with van der Waals surface area (Å²) in [6.45, 7) is 4.23. The van der Waals surface area contributed by atoms with Crippen molar-refractivity contribution in [3.8, 4) is 5.75 Å². The summed E-state index contributed by atoms with van der Waals surface area (Å²) in [4.78, 5) is 24.3. The molecule has 6 heteroatoms. The number of benzene rings is 2. The molecule has 0 saturated carbocycles. The van der Waals surface area contributed by atoms with Crippen LogP contribution >= 0.6 is 0 Å². The maximum atomic E-state index is 12.6. The molecule has 3 aromatic rings. The number of nitrogens with one attached hydrogen (secondary N) is 1. The second-order valence-corrected chi connectivity index (χ2v) is 7.67. The molecule has 3 N–H and O–H groups in total. The normalized spacial score (nSPS) is 14.5. The average Bonchev–Trinajstić information content (AvgIpc) is 3.16. The van der Waals surface area contributed by atoms with Crippen molar-refractivity contribution in [1.29, 1.82) is 0 Å². The largest absolute Gasteiger partial charge is 0.487 e. The van der Waals surface area contributed by atoms with Crippen LogP contribution in [-0.2, 0) is 24.2 Å². The van der Waals surface area contributed by atoms with Crippen LogP contribution < -0.4 is 15.8 Å². The Morgan fingerprint density at radius 3 is 2.71 bits per heavy atom. The number of para-hydroxylation sites is 2. The van der Waals surface area contributed by atoms with Gasteiger partial charge in [-0.25, -0.2) is 0 Å². The highest BCUT2D eigenvalue weighted by Crippen LogP contribution is 2.37. The average molecular weight is 378 g/mol. The minimum atomic E-state index is -0.656. The van der Waals surface area contributed by atoms with E-state index in [9.17, 15) is 9.59 Å². The first-order valence-electron chi connectivity index (χ1n) is 9.21. The fourth-order valence-electron chi connectivity index (χ4n) is 3.71. The number of amides is 2. The van der Waals surface area contributed by atoms with Crippen LogP contribution in [0.3, 0.4) is 0 Å². The fraction of sp³-hybridized carbons (Fsp3) is 0.273. The molecule has 1 aliphatic heterocycles. The van der Waals surface area contributed by atoms with Gasteiger partial charge in [0.25, 0.3) is 5.91 Å². The molecular formula is C22H22N2O4. The van der Waals surface area contributed by atoms with Gasteiger partial charge in [0.1, 0.15) is 16.9 Å². The predicted octanol–water partition coefficient (Wildman–Crippen LogP) is 3.10. The Kier molecular flexibility index (Phi) is 4.34. The van der Waals surface area contributed by atoms with E-state index in [4.69, 9.17) is 14.9 Å². The summed E-state index contributed by atoms with van der Waals surface area (Å²) < 4.78 is 11.6. The van der Waals surface area contributed by atoms with Gasteiger partial charge >= 0.3 is 0 Å². The lowest BCUT2D eigenvalue weighted by Gasteiger charge is -2.18. The molecule has 1 aliphatic rings. The first-order valence-corrected chi connectivity index (χ1v) is 9.21. The molecule has 6 nitrogen and oxygen atoms in total. The van der Waals surface area contributed by atoms with Crippen molar-refractivity contribution < 1.29 is 18.7 Å². The lowest BCUT2D eigenvalue weighted by atomic mass is 9.99. The van der Waals surface area contributed by atoms with Crippen LogP contribution in [0.25, 0.3) is 11.0 Å². The van der Waals surface area contributed by atoms with Crippen LogP contribution in [0.4, 0.5) is 0 Å². The van der Waals surface area contributed by atoms with E-state index < -0.39 is 5.91 Å². The highest BCUT2D eigenvalue weighted by atomic mass is 16.5. The van der Waals surface area contributed by atoms with Gasteiger partial charge in [-0.2, -0.15) is 0 Å². The van der Waals surface area contributed by atoms with Crippen molar-refractivity contribution >= 4 is 22.8 Å². The zero-order chi connectivity index (χ0) is 19.9. The Morgan fingerprint density at radius 1 is 1.14 bits per heavy atom. The molecule has 2 amide bonds. The number of furan rings is 1. The summed E-state index contributed by atoms with van der Waals surface area (Å²) in [7, 11) is 0. The number of carbonyl (C=O) groups excluding carboxylic acids is 2. The van der Waals surface area contributed by atoms with Crippen molar-refractivity contribution in [2.45, 2.75) is 38.8 Å². The van der Waals surface area contributed by atoms with E-state index in [1.807, 2.05) is 50.2 Å². The number of hydrogen-bond acceptors (Lipinski definition) is 4. The lowest BCUT2D eigenvalue weighted by Crippen LogP contribution is -2.27. The fourth-order valence-corrected chi connectivity index (χ4v) is 3.71. The number of rotatable bonds is 5. The molecule has 0 saturated heterocycles. The predicted molar refractivity (Wildman–Crippen MR) is 105 cm³/mol. The molecule has 0 unspecified atom stereocenters. The van der Waals surface area contributed by atoms with Crippen LogP contribution in [0.2, 0.25) is 0 Å². The number of fused-ring (bicyclic) bond motifs is 2. The van der Waals surface area contributed by atoms with E-state index in [2.05, 4.69) is 5.32 Å². The highest BCUT2D eigenvalue weighted by Gasteiger charge is 2.31. The summed E-state index contributed by atoms with van der Waals surface area (Å²) in [6.07, 6.45) is 1.02. The molecule has 1 aromatic heterocycles. The highest BCUT2D eigenvalue weighted by molar-refractivity contribution is 5.98. The van der Waals surface area contributed by atoms with Gasteiger partial charge in [-0.15, -0.1) is 0 Å². The van der Waals surface area contributed by atoms with Gasteiger partial charge in [0.15, 0.2) is 5.76 Å². The van der Waals surface area contributed by atoms with Gasteiger partial charge in [0, 0.05) is 29.5 Å². The van der Waals surface area contributed by atoms with E-state index in [0.717, 1.165) is 28.7 Å². The second-order valence-electron chi connectivity index (χ2n) is 7.67. The quantitative estimate of drug-likeness (QED) is 0.713. The molecule has 0 aliphatic carbocycles. The number of primary amides is 1. The minimum absolute atomic E-state index is 0.0761. The molecule has 2 aromatic carbocycles. The molecule has 144 valence electrons. The molecule has 0 radical (unpaired) electrons. The van der Waals surface area contributed by atoms with Crippen LogP contribution in [-0.4, -0.2) is 17.4 Å². The summed E-state index contributed by atoms with van der Waals surface area (Å²) >= 11 is 0. The van der Waals surface area contributed by atoms with Gasteiger partial charge in [-0.3, -0.25) is 9.59 Å². The van der Waals surface area contributed by atoms with Gasteiger partial charge in [-0.05, 0) is 25.5 Å². The third-order valence-electron chi connectivity index (χ3n) is 4.91. The topological polar surface area (TPSA) is 94.6 Å². The second kappa shape index (κ2) is 6.71. The molecule has 0 atom stereocenters. The summed E-state index contributed by atoms with van der Waals surface area (Å²) in [5.74, 6) is 0.0563. The number of hydrogen-bond donors (Lipinski definition) is 2. The Balaban J connectivity index is 1.51. The van der Waals surface area contributed by atoms with Crippen LogP contribution in [0.5, 0.6) is 5.75 Å².